The van der Waals surface area contributed by atoms with Crippen LogP contribution in [0.15, 0.2) is 104 Å². The molecule has 0 atom stereocenters. The molecule has 0 radical (unpaired) electrons. The topological polar surface area (TPSA) is 114 Å². The van der Waals surface area contributed by atoms with Gasteiger partial charge < -0.3 is 23.7 Å². The Bertz CT molecular complexity index is 1370. The van der Waals surface area contributed by atoms with Gasteiger partial charge in [-0.2, -0.15) is 0 Å². The molecular formula is C32H31ClO9. The zero-order chi connectivity index (χ0) is 30.9. The first-order valence-corrected chi connectivity index (χ1v) is 13.1. The van der Waals surface area contributed by atoms with E-state index in [-0.39, 0.29) is 35.1 Å². The third-order valence-electron chi connectivity index (χ3n) is 5.25. The Morgan fingerprint density at radius 2 is 1.45 bits per heavy atom. The molecule has 0 unspecified atom stereocenters. The molecule has 2 aromatic rings. The summed E-state index contributed by atoms with van der Waals surface area (Å²) in [7, 11) is 0. The summed E-state index contributed by atoms with van der Waals surface area (Å²) in [5.74, 6) is -1.11. The van der Waals surface area contributed by atoms with E-state index in [9.17, 15) is 19.2 Å². The Balaban J connectivity index is 1.86. The number of aryl methyl sites for hydroxylation is 1. The van der Waals surface area contributed by atoms with Crippen LogP contribution in [-0.2, 0) is 35.1 Å². The van der Waals surface area contributed by atoms with Crippen molar-refractivity contribution in [3.05, 3.63) is 114 Å². The first kappa shape index (κ1) is 33.3. The molecule has 10 heteroatoms. The van der Waals surface area contributed by atoms with Gasteiger partial charge in [-0.15, -0.1) is 0 Å². The second kappa shape index (κ2) is 17.7. The number of hydrogen-bond acceptors (Lipinski definition) is 9. The number of hydrogen-bond donors (Lipinski definition) is 0. The Morgan fingerprint density at radius 1 is 0.786 bits per heavy atom. The van der Waals surface area contributed by atoms with Crippen molar-refractivity contribution < 1.29 is 42.9 Å². The fourth-order valence-corrected chi connectivity index (χ4v) is 3.31. The van der Waals surface area contributed by atoms with Crippen LogP contribution in [0.25, 0.3) is 0 Å². The van der Waals surface area contributed by atoms with E-state index in [2.05, 4.69) is 19.7 Å². The lowest BCUT2D eigenvalue weighted by Crippen LogP contribution is -2.11. The number of halogens is 1. The quantitative estimate of drug-likeness (QED) is 0.0574. The maximum atomic E-state index is 12.6. The number of benzene rings is 2. The lowest BCUT2D eigenvalue weighted by Gasteiger charge is -2.09. The van der Waals surface area contributed by atoms with Gasteiger partial charge in [0.15, 0.2) is 0 Å². The Kier molecular flexibility index (Phi) is 14.1. The van der Waals surface area contributed by atoms with E-state index in [0.717, 1.165) is 17.7 Å². The number of rotatable bonds is 16. The largest absolute Gasteiger partial charge is 0.498 e. The van der Waals surface area contributed by atoms with E-state index in [1.54, 1.807) is 37.3 Å². The van der Waals surface area contributed by atoms with Crippen LogP contribution in [0.2, 0.25) is 5.02 Å². The second-order valence-corrected chi connectivity index (χ2v) is 8.81. The molecular weight excluding hydrogens is 564 g/mol. The Morgan fingerprint density at radius 3 is 2.10 bits per heavy atom. The summed E-state index contributed by atoms with van der Waals surface area (Å²) in [5.41, 5.74) is 0.996. The lowest BCUT2D eigenvalue weighted by atomic mass is 10.1. The number of allylic oxidation sites excluding steroid dienone is 3. The molecule has 0 N–H and O–H groups in total. The zero-order valence-electron chi connectivity index (χ0n) is 23.1. The average molecular weight is 595 g/mol. The normalized spacial score (nSPS) is 11.1. The Labute approximate surface area is 249 Å². The summed E-state index contributed by atoms with van der Waals surface area (Å²) in [6.07, 6.45) is 7.51. The van der Waals surface area contributed by atoms with Gasteiger partial charge >= 0.3 is 23.9 Å². The van der Waals surface area contributed by atoms with Crippen molar-refractivity contribution in [1.82, 2.24) is 0 Å². The minimum Gasteiger partial charge on any atom is -0.498 e. The molecule has 0 aromatic heterocycles. The van der Waals surface area contributed by atoms with Crippen LogP contribution < -0.4 is 14.2 Å². The Hall–Kier alpha value is -4.89. The zero-order valence-corrected chi connectivity index (χ0v) is 23.9. The van der Waals surface area contributed by atoms with Crippen molar-refractivity contribution >= 4 is 35.5 Å². The van der Waals surface area contributed by atoms with Crippen molar-refractivity contribution in [3.63, 3.8) is 0 Å². The molecule has 0 saturated heterocycles. The minimum atomic E-state index is -0.706. The molecule has 220 valence electrons. The van der Waals surface area contributed by atoms with E-state index in [1.165, 1.54) is 30.4 Å². The maximum absolute atomic E-state index is 12.6. The van der Waals surface area contributed by atoms with Crippen molar-refractivity contribution in [3.8, 4) is 17.2 Å². The fourth-order valence-electron chi connectivity index (χ4n) is 3.10. The molecule has 0 fully saturated rings. The molecule has 0 bridgehead atoms. The van der Waals surface area contributed by atoms with Crippen LogP contribution in [0.1, 0.15) is 25.3 Å². The monoisotopic (exact) mass is 594 g/mol. The summed E-state index contributed by atoms with van der Waals surface area (Å²) in [4.78, 5) is 47.2. The molecule has 0 saturated carbocycles. The second-order valence-electron chi connectivity index (χ2n) is 8.40. The number of esters is 4. The number of carbonyl (C=O) groups is 4. The molecule has 9 nitrogen and oxygen atoms in total. The van der Waals surface area contributed by atoms with E-state index in [4.69, 9.17) is 35.3 Å². The molecule has 0 amide bonds. The van der Waals surface area contributed by atoms with E-state index < -0.39 is 23.9 Å². The van der Waals surface area contributed by atoms with Crippen LogP contribution in [0, 0.1) is 0 Å². The molecule has 0 heterocycles. The standard InChI is InChI=1S/C32H31ClO9/c1-5-24(13-9-22(4)38-19-8-20-39-29(34)6-2)32(37)42-28-17-16-26(21-27(28)33)41-31(36)18-12-23-10-14-25(15-11-23)40-30(35)7-3/h5-7,9-11,13-17,21H,1-3,8,12,18-20H2,4H3/b22-9+,24-13+. The van der Waals surface area contributed by atoms with Crippen LogP contribution in [-0.4, -0.2) is 37.1 Å². The summed E-state index contributed by atoms with van der Waals surface area (Å²) in [5, 5.41) is 0.0638. The predicted molar refractivity (Wildman–Crippen MR) is 157 cm³/mol. The van der Waals surface area contributed by atoms with Gasteiger partial charge in [0.05, 0.1) is 29.6 Å². The van der Waals surface area contributed by atoms with Gasteiger partial charge in [-0.3, -0.25) is 4.79 Å². The number of ether oxygens (including phenoxy) is 5. The van der Waals surface area contributed by atoms with Gasteiger partial charge in [0.2, 0.25) is 0 Å². The SMILES string of the molecule is C=CC(=O)OCCCO/C(C)=C/C=C(\C=C)C(=O)Oc1ccc(OC(=O)CCc2ccc(OC(=O)C=C)cc2)cc1Cl. The predicted octanol–water partition coefficient (Wildman–Crippen LogP) is 6.03. The van der Waals surface area contributed by atoms with E-state index in [1.807, 2.05) is 0 Å². The molecule has 0 spiro atoms. The van der Waals surface area contributed by atoms with Gasteiger partial charge in [0.1, 0.15) is 17.2 Å². The first-order chi connectivity index (χ1) is 20.1. The minimum absolute atomic E-state index is 0.0638. The van der Waals surface area contributed by atoms with Gasteiger partial charge in [-0.1, -0.05) is 49.5 Å². The van der Waals surface area contributed by atoms with Crippen LogP contribution in [0.4, 0.5) is 0 Å². The summed E-state index contributed by atoms with van der Waals surface area (Å²) in [6.45, 7) is 12.5. The van der Waals surface area contributed by atoms with Crippen molar-refractivity contribution in [2.24, 2.45) is 0 Å². The maximum Gasteiger partial charge on any atom is 0.343 e. The molecule has 2 aromatic carbocycles. The highest BCUT2D eigenvalue weighted by Gasteiger charge is 2.14. The van der Waals surface area contributed by atoms with Gasteiger partial charge in [-0.25, -0.2) is 14.4 Å². The summed E-state index contributed by atoms with van der Waals surface area (Å²) < 4.78 is 26.1. The van der Waals surface area contributed by atoms with Crippen molar-refractivity contribution in [1.29, 1.82) is 0 Å². The van der Waals surface area contributed by atoms with Gasteiger partial charge in [0.25, 0.3) is 0 Å². The highest BCUT2D eigenvalue weighted by Crippen LogP contribution is 2.30. The fraction of sp³-hybridized carbons (Fsp3) is 0.188. The van der Waals surface area contributed by atoms with E-state index >= 15 is 0 Å². The molecule has 2 rings (SSSR count). The van der Waals surface area contributed by atoms with Crippen LogP contribution in [0.3, 0.4) is 0 Å². The summed E-state index contributed by atoms with van der Waals surface area (Å²) >= 11 is 6.25. The third kappa shape index (κ3) is 12.1. The van der Waals surface area contributed by atoms with Crippen LogP contribution in [0.5, 0.6) is 17.2 Å². The smallest absolute Gasteiger partial charge is 0.343 e. The van der Waals surface area contributed by atoms with E-state index in [0.29, 0.717) is 31.0 Å². The molecule has 0 aliphatic heterocycles. The molecule has 0 aliphatic carbocycles. The lowest BCUT2D eigenvalue weighted by molar-refractivity contribution is -0.138. The highest BCUT2D eigenvalue weighted by molar-refractivity contribution is 6.32. The third-order valence-corrected chi connectivity index (χ3v) is 5.54. The molecule has 42 heavy (non-hydrogen) atoms. The van der Waals surface area contributed by atoms with Crippen molar-refractivity contribution in [2.45, 2.75) is 26.2 Å². The molecule has 0 aliphatic rings. The first-order valence-electron chi connectivity index (χ1n) is 12.7. The highest BCUT2D eigenvalue weighted by atomic mass is 35.5. The summed E-state index contributed by atoms with van der Waals surface area (Å²) in [6, 6.07) is 11.0. The van der Waals surface area contributed by atoms with Crippen molar-refractivity contribution in [2.75, 3.05) is 13.2 Å². The van der Waals surface area contributed by atoms with Crippen LogP contribution >= 0.6 is 11.6 Å². The van der Waals surface area contributed by atoms with Gasteiger partial charge in [0, 0.05) is 31.1 Å². The van der Waals surface area contributed by atoms with Gasteiger partial charge in [-0.05, 0) is 55.3 Å². The number of carbonyl (C=O) groups excluding carboxylic acids is 4. The average Bonchev–Trinajstić information content (AvgIpc) is 2.98.